The molecule has 37 heavy (non-hydrogen) atoms. The maximum atomic E-state index is 13.7. The van der Waals surface area contributed by atoms with Crippen molar-refractivity contribution in [3.63, 3.8) is 0 Å². The highest BCUT2D eigenvalue weighted by atomic mass is 79.9. The standard InChI is InChI=1S/C28H29BrN2O5S/c1-6-34-20-11-9-19(10-12-20)25-24(27(33)35-7-2)17(5)30-28-31(25)26(32)23(37-28)15-18-8-13-22(21(29)14-18)36-16(3)4/h8-16,25H,6-7H2,1-5H3/b23-15-/t25-/m1/s1. The third-order valence-electron chi connectivity index (χ3n) is 5.64. The number of ether oxygens (including phenoxy) is 3. The van der Waals surface area contributed by atoms with E-state index in [2.05, 4.69) is 20.9 Å². The monoisotopic (exact) mass is 584 g/mol. The van der Waals surface area contributed by atoms with Crippen LogP contribution in [0.1, 0.15) is 51.8 Å². The molecule has 2 aromatic carbocycles. The molecule has 0 amide bonds. The number of aromatic nitrogens is 1. The summed E-state index contributed by atoms with van der Waals surface area (Å²) in [5.41, 5.74) is 2.26. The van der Waals surface area contributed by atoms with Crippen LogP contribution < -0.4 is 24.4 Å². The molecule has 0 aliphatic carbocycles. The van der Waals surface area contributed by atoms with Crippen molar-refractivity contribution < 1.29 is 19.0 Å². The molecule has 1 aliphatic rings. The second kappa shape index (κ2) is 11.5. The fourth-order valence-corrected chi connectivity index (χ4v) is 5.66. The van der Waals surface area contributed by atoms with Gasteiger partial charge in [0.1, 0.15) is 11.5 Å². The molecule has 0 fully saturated rings. The summed E-state index contributed by atoms with van der Waals surface area (Å²) in [6.07, 6.45) is 1.87. The van der Waals surface area contributed by atoms with Crippen LogP contribution in [0.3, 0.4) is 0 Å². The van der Waals surface area contributed by atoms with Crippen LogP contribution in [-0.4, -0.2) is 29.9 Å². The van der Waals surface area contributed by atoms with E-state index in [1.54, 1.807) is 18.4 Å². The Hall–Kier alpha value is -3.17. The highest BCUT2D eigenvalue weighted by molar-refractivity contribution is 9.10. The summed E-state index contributed by atoms with van der Waals surface area (Å²) in [4.78, 5) is 31.9. The van der Waals surface area contributed by atoms with Gasteiger partial charge in [-0.25, -0.2) is 9.79 Å². The molecule has 4 rings (SSSR count). The highest BCUT2D eigenvalue weighted by Gasteiger charge is 2.33. The van der Waals surface area contributed by atoms with E-state index in [4.69, 9.17) is 14.2 Å². The molecule has 0 bridgehead atoms. The number of allylic oxidation sites excluding steroid dienone is 1. The summed E-state index contributed by atoms with van der Waals surface area (Å²) in [5.74, 6) is 0.966. The maximum Gasteiger partial charge on any atom is 0.338 e. The molecule has 9 heteroatoms. The molecule has 0 N–H and O–H groups in total. The van der Waals surface area contributed by atoms with Crippen molar-refractivity contribution in [2.45, 2.75) is 46.8 Å². The third-order valence-corrected chi connectivity index (χ3v) is 7.24. The van der Waals surface area contributed by atoms with Gasteiger partial charge in [0.2, 0.25) is 0 Å². The number of hydrogen-bond acceptors (Lipinski definition) is 7. The van der Waals surface area contributed by atoms with Gasteiger partial charge in [0, 0.05) is 0 Å². The first-order valence-electron chi connectivity index (χ1n) is 12.1. The molecule has 0 unspecified atom stereocenters. The Morgan fingerprint density at radius 2 is 1.89 bits per heavy atom. The highest BCUT2D eigenvalue weighted by Crippen LogP contribution is 2.32. The van der Waals surface area contributed by atoms with Crippen molar-refractivity contribution in [3.8, 4) is 11.5 Å². The number of esters is 1. The summed E-state index contributed by atoms with van der Waals surface area (Å²) >= 11 is 4.84. The van der Waals surface area contributed by atoms with E-state index in [0.717, 1.165) is 21.3 Å². The molecular weight excluding hydrogens is 556 g/mol. The van der Waals surface area contributed by atoms with Gasteiger partial charge in [0.25, 0.3) is 5.56 Å². The zero-order valence-corrected chi connectivity index (χ0v) is 23.8. The Morgan fingerprint density at radius 3 is 2.51 bits per heavy atom. The van der Waals surface area contributed by atoms with Crippen LogP contribution in [-0.2, 0) is 9.53 Å². The lowest BCUT2D eigenvalue weighted by atomic mass is 9.96. The van der Waals surface area contributed by atoms with Crippen molar-refractivity contribution in [2.75, 3.05) is 13.2 Å². The van der Waals surface area contributed by atoms with Gasteiger partial charge in [-0.05, 0) is 92.0 Å². The minimum absolute atomic E-state index is 0.0466. The number of fused-ring (bicyclic) bond motifs is 1. The Kier molecular flexibility index (Phi) is 8.34. The van der Waals surface area contributed by atoms with Crippen molar-refractivity contribution in [1.82, 2.24) is 4.57 Å². The molecule has 0 spiro atoms. The van der Waals surface area contributed by atoms with E-state index in [1.165, 1.54) is 11.3 Å². The predicted molar refractivity (Wildman–Crippen MR) is 148 cm³/mol. The number of halogens is 1. The van der Waals surface area contributed by atoms with Gasteiger partial charge >= 0.3 is 5.97 Å². The lowest BCUT2D eigenvalue weighted by Gasteiger charge is -2.24. The first-order valence-corrected chi connectivity index (χ1v) is 13.7. The van der Waals surface area contributed by atoms with Gasteiger partial charge in [-0.1, -0.05) is 29.5 Å². The van der Waals surface area contributed by atoms with Gasteiger partial charge in [-0.2, -0.15) is 0 Å². The van der Waals surface area contributed by atoms with Crippen molar-refractivity contribution in [2.24, 2.45) is 4.99 Å². The molecule has 194 valence electrons. The van der Waals surface area contributed by atoms with Crippen LogP contribution in [0.4, 0.5) is 0 Å². The van der Waals surface area contributed by atoms with Crippen LogP contribution in [0, 0.1) is 0 Å². The summed E-state index contributed by atoms with van der Waals surface area (Å²) in [6.45, 7) is 10.1. The van der Waals surface area contributed by atoms with Crippen LogP contribution in [0.5, 0.6) is 11.5 Å². The minimum atomic E-state index is -0.665. The Labute approximate surface area is 227 Å². The van der Waals surface area contributed by atoms with E-state index in [0.29, 0.717) is 33.0 Å². The van der Waals surface area contributed by atoms with Crippen LogP contribution in [0.15, 0.2) is 68.0 Å². The zero-order valence-electron chi connectivity index (χ0n) is 21.4. The fourth-order valence-electron chi connectivity index (χ4n) is 4.13. The Bertz CT molecular complexity index is 1520. The number of rotatable bonds is 8. The molecule has 1 atom stereocenters. The number of carbonyl (C=O) groups is 1. The average molecular weight is 586 g/mol. The number of carbonyl (C=O) groups excluding carboxylic acids is 1. The predicted octanol–water partition coefficient (Wildman–Crippen LogP) is 4.75. The molecule has 0 saturated carbocycles. The molecule has 0 saturated heterocycles. The summed E-state index contributed by atoms with van der Waals surface area (Å²) < 4.78 is 19.6. The smallest absolute Gasteiger partial charge is 0.338 e. The van der Waals surface area contributed by atoms with Crippen LogP contribution >= 0.6 is 27.3 Å². The molecule has 3 aromatic rings. The first-order chi connectivity index (χ1) is 17.7. The first kappa shape index (κ1) is 26.9. The van der Waals surface area contributed by atoms with E-state index in [9.17, 15) is 9.59 Å². The second-order valence-electron chi connectivity index (χ2n) is 8.66. The van der Waals surface area contributed by atoms with Gasteiger partial charge in [0.15, 0.2) is 4.80 Å². The SMILES string of the molecule is CCOC(=O)C1=C(C)N=c2s/c(=C\c3ccc(OC(C)C)c(Br)c3)c(=O)n2[C@@H]1c1ccc(OCC)cc1. The van der Waals surface area contributed by atoms with Gasteiger partial charge in [-0.15, -0.1) is 0 Å². The Balaban J connectivity index is 1.85. The van der Waals surface area contributed by atoms with Gasteiger partial charge in [-0.3, -0.25) is 9.36 Å². The fraction of sp³-hybridized carbons (Fsp3) is 0.321. The van der Waals surface area contributed by atoms with Crippen LogP contribution in [0.2, 0.25) is 0 Å². The van der Waals surface area contributed by atoms with Gasteiger partial charge < -0.3 is 14.2 Å². The zero-order chi connectivity index (χ0) is 26.7. The quantitative estimate of drug-likeness (QED) is 0.357. The van der Waals surface area contributed by atoms with E-state index in [-0.39, 0.29) is 18.3 Å². The molecule has 2 heterocycles. The molecular formula is C28H29BrN2O5S. The van der Waals surface area contributed by atoms with E-state index >= 15 is 0 Å². The van der Waals surface area contributed by atoms with E-state index < -0.39 is 12.0 Å². The lowest BCUT2D eigenvalue weighted by molar-refractivity contribution is -0.139. The molecule has 1 aliphatic heterocycles. The molecule has 0 radical (unpaired) electrons. The second-order valence-corrected chi connectivity index (χ2v) is 10.5. The molecule has 1 aromatic heterocycles. The third kappa shape index (κ3) is 5.72. The summed E-state index contributed by atoms with van der Waals surface area (Å²) in [5, 5.41) is 0. The van der Waals surface area contributed by atoms with E-state index in [1.807, 2.05) is 69.3 Å². The van der Waals surface area contributed by atoms with Crippen molar-refractivity contribution in [1.29, 1.82) is 0 Å². The number of benzene rings is 2. The minimum Gasteiger partial charge on any atom is -0.494 e. The van der Waals surface area contributed by atoms with Gasteiger partial charge in [0.05, 0.1) is 45.6 Å². The summed E-state index contributed by atoms with van der Waals surface area (Å²) in [7, 11) is 0. The number of thiazole rings is 1. The topological polar surface area (TPSA) is 79.1 Å². The maximum absolute atomic E-state index is 13.7. The Morgan fingerprint density at radius 1 is 1.16 bits per heavy atom. The number of hydrogen-bond donors (Lipinski definition) is 0. The average Bonchev–Trinajstić information content (AvgIpc) is 3.15. The van der Waals surface area contributed by atoms with Crippen LogP contribution in [0.25, 0.3) is 6.08 Å². The molecule has 7 nitrogen and oxygen atoms in total. The largest absolute Gasteiger partial charge is 0.494 e. The summed E-state index contributed by atoms with van der Waals surface area (Å²) in [6, 6.07) is 12.4. The van der Waals surface area contributed by atoms with Crippen molar-refractivity contribution in [3.05, 3.63) is 89.0 Å². The van der Waals surface area contributed by atoms with Crippen molar-refractivity contribution >= 4 is 39.3 Å². The number of nitrogens with zero attached hydrogens (tertiary/aromatic N) is 2. The lowest BCUT2D eigenvalue weighted by Crippen LogP contribution is -2.39. The normalized spacial score (nSPS) is 15.4.